The van der Waals surface area contributed by atoms with Crippen molar-refractivity contribution in [3.63, 3.8) is 0 Å². The van der Waals surface area contributed by atoms with E-state index in [0.29, 0.717) is 0 Å². The van der Waals surface area contributed by atoms with Crippen LogP contribution in [0, 0.1) is 10.1 Å². The summed E-state index contributed by atoms with van der Waals surface area (Å²) in [6, 6.07) is 4.94. The summed E-state index contributed by atoms with van der Waals surface area (Å²) in [5.41, 5.74) is -0.241. The van der Waals surface area contributed by atoms with Crippen molar-refractivity contribution in [2.24, 2.45) is 0 Å². The number of non-ortho nitro benzene ring substituents is 1. The number of hydrogen-bond acceptors (Lipinski definition) is 4. The van der Waals surface area contributed by atoms with E-state index in [9.17, 15) is 28.1 Å². The molecule has 110 valence electrons. The molecule has 5 nitrogen and oxygen atoms in total. The number of nitro groups is 1. The lowest BCUT2D eigenvalue weighted by molar-refractivity contribution is -0.384. The molecule has 20 heavy (non-hydrogen) atoms. The van der Waals surface area contributed by atoms with Crippen molar-refractivity contribution in [3.05, 3.63) is 39.9 Å². The molecule has 0 radical (unpaired) electrons. The second kappa shape index (κ2) is 6.47. The Morgan fingerprint density at radius 2 is 2.05 bits per heavy atom. The number of ketones is 1. The van der Waals surface area contributed by atoms with E-state index >= 15 is 0 Å². The van der Waals surface area contributed by atoms with Crippen molar-refractivity contribution >= 4 is 11.5 Å². The normalized spacial score (nSPS) is 11.7. The van der Waals surface area contributed by atoms with Gasteiger partial charge in [-0.1, -0.05) is 19.1 Å². The molecule has 0 unspecified atom stereocenters. The standard InChI is InChI=1S/C12H13F3N2O3/c1-2-16(8-12(13,14)15)7-11(18)9-4-3-5-10(6-9)17(19)20/h3-6H,2,7-8H2,1H3. The predicted octanol–water partition coefficient (Wildman–Crippen LogP) is 2.66. The summed E-state index contributed by atoms with van der Waals surface area (Å²) < 4.78 is 36.8. The van der Waals surface area contributed by atoms with Gasteiger partial charge < -0.3 is 0 Å². The quantitative estimate of drug-likeness (QED) is 0.459. The van der Waals surface area contributed by atoms with Crippen molar-refractivity contribution in [3.8, 4) is 0 Å². The highest BCUT2D eigenvalue weighted by Crippen LogP contribution is 2.18. The minimum absolute atomic E-state index is 0.0276. The molecule has 0 bridgehead atoms. The minimum atomic E-state index is -4.39. The van der Waals surface area contributed by atoms with Gasteiger partial charge >= 0.3 is 6.18 Å². The number of nitrogens with zero attached hydrogens (tertiary/aromatic N) is 2. The fourth-order valence-corrected chi connectivity index (χ4v) is 1.62. The molecule has 0 aliphatic heterocycles. The largest absolute Gasteiger partial charge is 0.401 e. The van der Waals surface area contributed by atoms with Gasteiger partial charge in [0.05, 0.1) is 18.0 Å². The average molecular weight is 290 g/mol. The first kappa shape index (κ1) is 16.1. The monoisotopic (exact) mass is 290 g/mol. The number of carbonyl (C=O) groups is 1. The third-order valence-corrected chi connectivity index (χ3v) is 2.60. The summed E-state index contributed by atoms with van der Waals surface area (Å²) in [6.07, 6.45) is -4.39. The van der Waals surface area contributed by atoms with Crippen LogP contribution < -0.4 is 0 Å². The molecule has 0 fully saturated rings. The first-order valence-electron chi connectivity index (χ1n) is 5.79. The van der Waals surface area contributed by atoms with Crippen LogP contribution in [-0.4, -0.2) is 41.4 Å². The number of likely N-dealkylation sites (N-methyl/N-ethyl adjacent to an activating group) is 1. The molecule has 8 heteroatoms. The van der Waals surface area contributed by atoms with E-state index in [1.165, 1.54) is 25.1 Å². The maximum atomic E-state index is 12.3. The van der Waals surface area contributed by atoms with Crippen LogP contribution in [0.15, 0.2) is 24.3 Å². The molecule has 1 aromatic rings. The van der Waals surface area contributed by atoms with Gasteiger partial charge in [0.2, 0.25) is 0 Å². The molecular weight excluding hydrogens is 277 g/mol. The van der Waals surface area contributed by atoms with Crippen LogP contribution in [0.1, 0.15) is 17.3 Å². The highest BCUT2D eigenvalue weighted by Gasteiger charge is 2.31. The summed E-state index contributed by atoms with van der Waals surface area (Å²) in [4.78, 5) is 22.7. The lowest BCUT2D eigenvalue weighted by Crippen LogP contribution is -2.37. The number of Topliss-reactive ketones (excluding diaryl/α,β-unsaturated/α-hetero) is 1. The maximum absolute atomic E-state index is 12.3. The van der Waals surface area contributed by atoms with Crippen LogP contribution in [0.4, 0.5) is 18.9 Å². The highest BCUT2D eigenvalue weighted by atomic mass is 19.4. The second-order valence-electron chi connectivity index (χ2n) is 4.15. The Morgan fingerprint density at radius 1 is 1.40 bits per heavy atom. The summed E-state index contributed by atoms with van der Waals surface area (Å²) >= 11 is 0. The molecule has 0 aliphatic carbocycles. The number of carbonyl (C=O) groups excluding carboxylic acids is 1. The summed E-state index contributed by atoms with van der Waals surface area (Å²) in [6.45, 7) is -0.0615. The van der Waals surface area contributed by atoms with Crippen LogP contribution in [-0.2, 0) is 0 Å². The van der Waals surface area contributed by atoms with Gasteiger partial charge in [-0.15, -0.1) is 0 Å². The van der Waals surface area contributed by atoms with E-state index in [0.717, 1.165) is 11.0 Å². The third-order valence-electron chi connectivity index (χ3n) is 2.60. The zero-order chi connectivity index (χ0) is 15.3. The summed E-state index contributed by atoms with van der Waals surface area (Å²) in [5.74, 6) is -0.584. The van der Waals surface area contributed by atoms with Crippen LogP contribution in [0.3, 0.4) is 0 Å². The number of benzene rings is 1. The first-order valence-corrected chi connectivity index (χ1v) is 5.79. The van der Waals surface area contributed by atoms with Gasteiger partial charge in [0.15, 0.2) is 5.78 Å². The van der Waals surface area contributed by atoms with Crippen molar-refractivity contribution in [1.29, 1.82) is 0 Å². The fraction of sp³-hybridized carbons (Fsp3) is 0.417. The number of nitro benzene ring substituents is 1. The van der Waals surface area contributed by atoms with Crippen molar-refractivity contribution in [2.45, 2.75) is 13.1 Å². The van der Waals surface area contributed by atoms with E-state index in [1.807, 2.05) is 0 Å². The molecule has 0 saturated carbocycles. The third kappa shape index (κ3) is 4.96. The molecule has 0 amide bonds. The van der Waals surface area contributed by atoms with Gasteiger partial charge in [0, 0.05) is 17.7 Å². The summed E-state index contributed by atoms with van der Waals surface area (Å²) in [7, 11) is 0. The minimum Gasteiger partial charge on any atom is -0.293 e. The van der Waals surface area contributed by atoms with Crippen molar-refractivity contribution in [1.82, 2.24) is 4.90 Å². The zero-order valence-corrected chi connectivity index (χ0v) is 10.7. The molecule has 0 atom stereocenters. The lowest BCUT2D eigenvalue weighted by Gasteiger charge is -2.20. The molecule has 0 spiro atoms. The number of hydrogen-bond donors (Lipinski definition) is 0. The maximum Gasteiger partial charge on any atom is 0.401 e. The molecule has 0 N–H and O–H groups in total. The van der Waals surface area contributed by atoms with Crippen LogP contribution >= 0.6 is 0 Å². The zero-order valence-electron chi connectivity index (χ0n) is 10.7. The number of alkyl halides is 3. The van der Waals surface area contributed by atoms with E-state index in [4.69, 9.17) is 0 Å². The smallest absolute Gasteiger partial charge is 0.293 e. The lowest BCUT2D eigenvalue weighted by atomic mass is 10.1. The van der Waals surface area contributed by atoms with Gasteiger partial charge in [-0.25, -0.2) is 0 Å². The van der Waals surface area contributed by atoms with Gasteiger partial charge in [-0.2, -0.15) is 13.2 Å². The predicted molar refractivity (Wildman–Crippen MR) is 65.6 cm³/mol. The number of halogens is 3. The highest BCUT2D eigenvalue weighted by molar-refractivity contribution is 5.98. The Balaban J connectivity index is 2.79. The van der Waals surface area contributed by atoms with Crippen LogP contribution in [0.5, 0.6) is 0 Å². The van der Waals surface area contributed by atoms with Gasteiger partial charge in [0.25, 0.3) is 5.69 Å². The Hall–Kier alpha value is -1.96. The van der Waals surface area contributed by atoms with Gasteiger partial charge in [-0.3, -0.25) is 19.8 Å². The molecule has 0 saturated heterocycles. The van der Waals surface area contributed by atoms with Gasteiger partial charge in [0.1, 0.15) is 0 Å². The van der Waals surface area contributed by atoms with E-state index in [-0.39, 0.29) is 17.8 Å². The Labute approximate surface area is 113 Å². The first-order chi connectivity index (χ1) is 9.23. The average Bonchev–Trinajstić information content (AvgIpc) is 2.36. The van der Waals surface area contributed by atoms with E-state index < -0.39 is 30.0 Å². The van der Waals surface area contributed by atoms with E-state index in [2.05, 4.69) is 0 Å². The Kier molecular flexibility index (Phi) is 5.20. The molecule has 1 aromatic carbocycles. The van der Waals surface area contributed by atoms with Gasteiger partial charge in [-0.05, 0) is 6.54 Å². The molecule has 1 rings (SSSR count). The Morgan fingerprint density at radius 3 is 2.55 bits per heavy atom. The molecule has 0 heterocycles. The molecule has 0 aromatic heterocycles. The van der Waals surface area contributed by atoms with Crippen molar-refractivity contribution in [2.75, 3.05) is 19.6 Å². The fourth-order valence-electron chi connectivity index (χ4n) is 1.62. The van der Waals surface area contributed by atoms with Crippen LogP contribution in [0.25, 0.3) is 0 Å². The van der Waals surface area contributed by atoms with E-state index in [1.54, 1.807) is 0 Å². The Bertz CT molecular complexity index is 503. The summed E-state index contributed by atoms with van der Waals surface area (Å²) in [5, 5.41) is 10.6. The van der Waals surface area contributed by atoms with Crippen molar-refractivity contribution < 1.29 is 22.9 Å². The molecular formula is C12H13F3N2O3. The number of rotatable bonds is 6. The topological polar surface area (TPSA) is 63.5 Å². The van der Waals surface area contributed by atoms with Crippen LogP contribution in [0.2, 0.25) is 0 Å². The second-order valence-corrected chi connectivity index (χ2v) is 4.15. The molecule has 0 aliphatic rings. The SMILES string of the molecule is CCN(CC(=O)c1cccc([N+](=O)[O-])c1)CC(F)(F)F.